The topological polar surface area (TPSA) is 37.9 Å². The van der Waals surface area contributed by atoms with Crippen LogP contribution in [0.3, 0.4) is 0 Å². The summed E-state index contributed by atoms with van der Waals surface area (Å²) in [7, 11) is 1.52. The smallest absolute Gasteiger partial charge is 0.239 e. The van der Waals surface area contributed by atoms with Crippen LogP contribution in [-0.2, 0) is 6.42 Å². The van der Waals surface area contributed by atoms with E-state index >= 15 is 0 Å². The molecule has 0 saturated carbocycles. The molecule has 1 aromatic carbocycles. The number of H-pyrrole nitrogens is 1. The monoisotopic (exact) mass is 220 g/mol. The summed E-state index contributed by atoms with van der Waals surface area (Å²) in [5.74, 6) is 0.194. The Bertz CT molecular complexity index is 494. The van der Waals surface area contributed by atoms with E-state index in [2.05, 4.69) is 9.97 Å². The van der Waals surface area contributed by atoms with Gasteiger partial charge in [-0.05, 0) is 18.1 Å². The molecule has 0 fully saturated rings. The first kappa shape index (κ1) is 10.7. The average molecular weight is 220 g/mol. The molecule has 0 saturated heterocycles. The summed E-state index contributed by atoms with van der Waals surface area (Å²) in [4.78, 5) is 6.85. The van der Waals surface area contributed by atoms with Gasteiger partial charge in [0.05, 0.1) is 13.4 Å². The SMILES string of the molecule is CCc1cccc(-c2[nH]cnc2OC)c1F. The zero-order chi connectivity index (χ0) is 11.5. The van der Waals surface area contributed by atoms with Gasteiger partial charge in [-0.1, -0.05) is 19.1 Å². The Balaban J connectivity index is 2.56. The third-order valence-electron chi connectivity index (χ3n) is 2.53. The molecule has 2 rings (SSSR count). The fourth-order valence-corrected chi connectivity index (χ4v) is 1.68. The molecule has 3 nitrogen and oxygen atoms in total. The van der Waals surface area contributed by atoms with Crippen molar-refractivity contribution in [1.82, 2.24) is 9.97 Å². The van der Waals surface area contributed by atoms with Crippen LogP contribution in [-0.4, -0.2) is 17.1 Å². The molecule has 0 unspecified atom stereocenters. The number of nitrogens with one attached hydrogen (secondary N) is 1. The van der Waals surface area contributed by atoms with E-state index in [1.54, 1.807) is 12.1 Å². The van der Waals surface area contributed by atoms with Crippen LogP contribution in [0.1, 0.15) is 12.5 Å². The highest BCUT2D eigenvalue weighted by molar-refractivity contribution is 5.66. The molecule has 1 aromatic heterocycles. The second kappa shape index (κ2) is 4.35. The molecule has 0 spiro atoms. The number of aromatic amines is 1. The molecule has 0 bridgehead atoms. The number of benzene rings is 1. The molecule has 1 heterocycles. The number of rotatable bonds is 3. The number of methoxy groups -OCH3 is 1. The summed E-state index contributed by atoms with van der Waals surface area (Å²) < 4.78 is 19.1. The van der Waals surface area contributed by atoms with Crippen LogP contribution >= 0.6 is 0 Å². The number of aryl methyl sites for hydroxylation is 1. The summed E-state index contributed by atoms with van der Waals surface area (Å²) in [5.41, 5.74) is 1.76. The van der Waals surface area contributed by atoms with E-state index in [-0.39, 0.29) is 5.82 Å². The van der Waals surface area contributed by atoms with Crippen molar-refractivity contribution in [3.63, 3.8) is 0 Å². The third-order valence-corrected chi connectivity index (χ3v) is 2.53. The maximum Gasteiger partial charge on any atom is 0.239 e. The Kier molecular flexibility index (Phi) is 2.90. The minimum atomic E-state index is -0.215. The van der Waals surface area contributed by atoms with Crippen molar-refractivity contribution in [2.75, 3.05) is 7.11 Å². The lowest BCUT2D eigenvalue weighted by Crippen LogP contribution is -1.94. The van der Waals surface area contributed by atoms with Gasteiger partial charge >= 0.3 is 0 Å². The molecular weight excluding hydrogens is 207 g/mol. The lowest BCUT2D eigenvalue weighted by molar-refractivity contribution is 0.401. The van der Waals surface area contributed by atoms with Gasteiger partial charge in [0.15, 0.2) is 0 Å². The average Bonchev–Trinajstić information content (AvgIpc) is 2.77. The van der Waals surface area contributed by atoms with E-state index in [0.717, 1.165) is 0 Å². The number of nitrogens with zero attached hydrogens (tertiary/aromatic N) is 1. The highest BCUT2D eigenvalue weighted by Crippen LogP contribution is 2.29. The zero-order valence-electron chi connectivity index (χ0n) is 9.25. The number of aromatic nitrogens is 2. The number of ether oxygens (including phenoxy) is 1. The number of hydrogen-bond acceptors (Lipinski definition) is 2. The molecule has 1 N–H and O–H groups in total. The predicted octanol–water partition coefficient (Wildman–Crippen LogP) is 2.79. The van der Waals surface area contributed by atoms with E-state index in [9.17, 15) is 4.39 Å². The molecule has 0 aliphatic carbocycles. The van der Waals surface area contributed by atoms with E-state index in [4.69, 9.17) is 4.74 Å². The lowest BCUT2D eigenvalue weighted by atomic mass is 10.1. The van der Waals surface area contributed by atoms with Gasteiger partial charge in [-0.3, -0.25) is 0 Å². The summed E-state index contributed by atoms with van der Waals surface area (Å²) >= 11 is 0. The highest BCUT2D eigenvalue weighted by Gasteiger charge is 2.14. The molecule has 0 atom stereocenters. The van der Waals surface area contributed by atoms with Gasteiger partial charge in [0.1, 0.15) is 11.5 Å². The lowest BCUT2D eigenvalue weighted by Gasteiger charge is -2.06. The van der Waals surface area contributed by atoms with Crippen LogP contribution < -0.4 is 4.74 Å². The first-order valence-corrected chi connectivity index (χ1v) is 5.13. The largest absolute Gasteiger partial charge is 0.479 e. The molecule has 0 aliphatic heterocycles. The summed E-state index contributed by atoms with van der Waals surface area (Å²) in [6.07, 6.45) is 2.16. The van der Waals surface area contributed by atoms with E-state index in [1.807, 2.05) is 13.0 Å². The molecule has 84 valence electrons. The number of imidazole rings is 1. The molecule has 0 amide bonds. The van der Waals surface area contributed by atoms with Crippen molar-refractivity contribution in [3.8, 4) is 17.1 Å². The van der Waals surface area contributed by atoms with Crippen molar-refractivity contribution in [3.05, 3.63) is 35.9 Å². The molecule has 0 aliphatic rings. The molecule has 0 radical (unpaired) electrons. The van der Waals surface area contributed by atoms with Gasteiger partial charge in [-0.15, -0.1) is 0 Å². The Hall–Kier alpha value is -1.84. The van der Waals surface area contributed by atoms with Crippen LogP contribution in [0.2, 0.25) is 0 Å². The zero-order valence-corrected chi connectivity index (χ0v) is 9.25. The second-order valence-corrected chi connectivity index (χ2v) is 3.42. The highest BCUT2D eigenvalue weighted by atomic mass is 19.1. The minimum absolute atomic E-state index is 0.215. The van der Waals surface area contributed by atoms with Gasteiger partial charge in [0.25, 0.3) is 0 Å². The predicted molar refractivity (Wildman–Crippen MR) is 59.9 cm³/mol. The maximum atomic E-state index is 14.0. The van der Waals surface area contributed by atoms with E-state index in [0.29, 0.717) is 29.1 Å². The Morgan fingerprint density at radius 1 is 1.44 bits per heavy atom. The molecule has 2 aromatic rings. The van der Waals surface area contributed by atoms with Crippen LogP contribution in [0.15, 0.2) is 24.5 Å². The van der Waals surface area contributed by atoms with Crippen LogP contribution in [0.5, 0.6) is 5.88 Å². The van der Waals surface area contributed by atoms with Crippen LogP contribution in [0.4, 0.5) is 4.39 Å². The molecular formula is C12H13FN2O. The summed E-state index contributed by atoms with van der Waals surface area (Å²) in [6.45, 7) is 1.92. The normalized spacial score (nSPS) is 10.4. The number of hydrogen-bond donors (Lipinski definition) is 1. The van der Waals surface area contributed by atoms with Gasteiger partial charge < -0.3 is 9.72 Å². The minimum Gasteiger partial charge on any atom is -0.479 e. The Labute approximate surface area is 93.3 Å². The van der Waals surface area contributed by atoms with Crippen molar-refractivity contribution in [2.45, 2.75) is 13.3 Å². The van der Waals surface area contributed by atoms with Crippen LogP contribution in [0.25, 0.3) is 11.3 Å². The van der Waals surface area contributed by atoms with Crippen molar-refractivity contribution in [1.29, 1.82) is 0 Å². The van der Waals surface area contributed by atoms with Gasteiger partial charge in [-0.2, -0.15) is 0 Å². The van der Waals surface area contributed by atoms with Crippen molar-refractivity contribution < 1.29 is 9.13 Å². The fourth-order valence-electron chi connectivity index (χ4n) is 1.68. The quantitative estimate of drug-likeness (QED) is 0.863. The van der Waals surface area contributed by atoms with E-state index in [1.165, 1.54) is 13.4 Å². The second-order valence-electron chi connectivity index (χ2n) is 3.42. The van der Waals surface area contributed by atoms with Crippen molar-refractivity contribution in [2.24, 2.45) is 0 Å². The number of halogens is 1. The Morgan fingerprint density at radius 3 is 2.94 bits per heavy atom. The molecule has 16 heavy (non-hydrogen) atoms. The van der Waals surface area contributed by atoms with Gasteiger partial charge in [-0.25, -0.2) is 9.37 Å². The van der Waals surface area contributed by atoms with Gasteiger partial charge in [0.2, 0.25) is 5.88 Å². The third kappa shape index (κ3) is 1.66. The molecule has 4 heteroatoms. The van der Waals surface area contributed by atoms with Crippen molar-refractivity contribution >= 4 is 0 Å². The van der Waals surface area contributed by atoms with Crippen LogP contribution in [0, 0.1) is 5.82 Å². The fraction of sp³-hybridized carbons (Fsp3) is 0.250. The maximum absolute atomic E-state index is 14.0. The summed E-state index contributed by atoms with van der Waals surface area (Å²) in [5, 5.41) is 0. The Morgan fingerprint density at radius 2 is 2.25 bits per heavy atom. The first-order valence-electron chi connectivity index (χ1n) is 5.13. The summed E-state index contributed by atoms with van der Waals surface area (Å²) in [6, 6.07) is 5.32. The standard InChI is InChI=1S/C12H13FN2O/c1-3-8-5-4-6-9(10(8)13)11-12(16-2)15-7-14-11/h4-7H,3H2,1-2H3,(H,14,15). The van der Waals surface area contributed by atoms with E-state index < -0.39 is 0 Å². The first-order chi connectivity index (χ1) is 7.77. The van der Waals surface area contributed by atoms with Gasteiger partial charge in [0, 0.05) is 5.56 Å².